The van der Waals surface area contributed by atoms with Crippen LogP contribution in [0.2, 0.25) is 0 Å². The third-order valence-electron chi connectivity index (χ3n) is 3.47. The van der Waals surface area contributed by atoms with Gasteiger partial charge in [-0.25, -0.2) is 8.42 Å². The zero-order valence-electron chi connectivity index (χ0n) is 11.4. The molecule has 1 fully saturated rings. The molecule has 2 rings (SSSR count). The smallest absolute Gasteiger partial charge is 0.215 e. The minimum Gasteiger partial charge on any atom is -0.314 e. The summed E-state index contributed by atoms with van der Waals surface area (Å²) < 4.78 is 26.6. The zero-order valence-corrected chi connectivity index (χ0v) is 12.2. The molecule has 2 unspecified atom stereocenters. The van der Waals surface area contributed by atoms with Crippen LogP contribution in [0.5, 0.6) is 0 Å². The fourth-order valence-electron chi connectivity index (χ4n) is 2.57. The molecule has 1 saturated heterocycles. The predicted octanol–water partition coefficient (Wildman–Crippen LogP) is 0.636. The van der Waals surface area contributed by atoms with Gasteiger partial charge in [-0.2, -0.15) is 4.31 Å². The van der Waals surface area contributed by atoms with Crippen LogP contribution in [-0.2, 0) is 16.4 Å². The molecule has 2 atom stereocenters. The first-order chi connectivity index (χ1) is 9.00. The van der Waals surface area contributed by atoms with Crippen LogP contribution in [0.1, 0.15) is 19.4 Å². The molecule has 0 radical (unpaired) electrons. The highest BCUT2D eigenvalue weighted by atomic mass is 32.2. The van der Waals surface area contributed by atoms with Crippen LogP contribution in [0.4, 0.5) is 0 Å². The van der Waals surface area contributed by atoms with Gasteiger partial charge in [0.05, 0.1) is 5.75 Å². The topological polar surface area (TPSA) is 62.3 Å². The zero-order chi connectivity index (χ0) is 13.9. The fraction of sp³-hybridized carbons (Fsp3) is 0.615. The molecule has 106 valence electrons. The lowest BCUT2D eigenvalue weighted by Crippen LogP contribution is -2.57. The van der Waals surface area contributed by atoms with Crippen molar-refractivity contribution in [2.45, 2.75) is 32.4 Å². The minimum absolute atomic E-state index is 0.0196. The lowest BCUT2D eigenvalue weighted by Gasteiger charge is -2.38. The van der Waals surface area contributed by atoms with Gasteiger partial charge in [0, 0.05) is 37.6 Å². The Morgan fingerprint density at radius 3 is 2.42 bits per heavy atom. The lowest BCUT2D eigenvalue weighted by atomic mass is 10.2. The summed E-state index contributed by atoms with van der Waals surface area (Å²) in [6, 6.07) is 3.76. The summed E-state index contributed by atoms with van der Waals surface area (Å²) >= 11 is 0. The molecule has 5 nitrogen and oxygen atoms in total. The summed E-state index contributed by atoms with van der Waals surface area (Å²) in [4.78, 5) is 3.94. The first kappa shape index (κ1) is 14.4. The molecule has 2 heterocycles. The standard InChI is InChI=1S/C13H21N3O2S/c1-11-9-15-10-12(2)16(11)19(17,18)8-5-13-3-6-14-7-4-13/h3-4,6-7,11-12,15H,5,8-10H2,1-2H3. The number of pyridine rings is 1. The van der Waals surface area contributed by atoms with Crippen molar-refractivity contribution in [3.05, 3.63) is 30.1 Å². The SMILES string of the molecule is CC1CNCC(C)N1S(=O)(=O)CCc1ccncc1. The number of nitrogens with one attached hydrogen (secondary N) is 1. The van der Waals surface area contributed by atoms with Crippen LogP contribution < -0.4 is 5.32 Å². The molecule has 0 spiro atoms. The fourth-order valence-corrected chi connectivity index (χ4v) is 4.52. The third-order valence-corrected chi connectivity index (χ3v) is 5.55. The summed E-state index contributed by atoms with van der Waals surface area (Å²) in [7, 11) is -3.21. The third kappa shape index (κ3) is 3.52. The summed E-state index contributed by atoms with van der Waals surface area (Å²) in [6.45, 7) is 5.34. The van der Waals surface area contributed by atoms with Crippen molar-refractivity contribution in [3.63, 3.8) is 0 Å². The number of aromatic nitrogens is 1. The molecule has 0 bridgehead atoms. The quantitative estimate of drug-likeness (QED) is 0.880. The van der Waals surface area contributed by atoms with Crippen molar-refractivity contribution in [2.75, 3.05) is 18.8 Å². The van der Waals surface area contributed by atoms with Gasteiger partial charge in [-0.3, -0.25) is 4.98 Å². The van der Waals surface area contributed by atoms with E-state index in [9.17, 15) is 8.42 Å². The number of rotatable bonds is 4. The molecule has 0 aliphatic carbocycles. The Hall–Kier alpha value is -0.980. The van der Waals surface area contributed by atoms with E-state index in [1.165, 1.54) is 0 Å². The molecule has 19 heavy (non-hydrogen) atoms. The number of nitrogens with zero attached hydrogens (tertiary/aromatic N) is 2. The van der Waals surface area contributed by atoms with Crippen LogP contribution in [0.25, 0.3) is 0 Å². The van der Waals surface area contributed by atoms with E-state index in [0.29, 0.717) is 6.42 Å². The Labute approximate surface area is 115 Å². The second-order valence-corrected chi connectivity index (χ2v) is 7.10. The maximum absolute atomic E-state index is 12.5. The van der Waals surface area contributed by atoms with Gasteiger partial charge < -0.3 is 5.32 Å². The average Bonchev–Trinajstić information content (AvgIpc) is 2.37. The van der Waals surface area contributed by atoms with Gasteiger partial charge >= 0.3 is 0 Å². The summed E-state index contributed by atoms with van der Waals surface area (Å²) in [5.41, 5.74) is 1.01. The molecule has 0 aromatic carbocycles. The number of sulfonamides is 1. The van der Waals surface area contributed by atoms with Crippen molar-refractivity contribution in [3.8, 4) is 0 Å². The van der Waals surface area contributed by atoms with E-state index in [-0.39, 0.29) is 17.8 Å². The molecular formula is C13H21N3O2S. The summed E-state index contributed by atoms with van der Waals surface area (Å²) in [6.07, 6.45) is 3.92. The van der Waals surface area contributed by atoms with Gasteiger partial charge in [0.15, 0.2) is 0 Å². The molecule has 1 aliphatic rings. The monoisotopic (exact) mass is 283 g/mol. The largest absolute Gasteiger partial charge is 0.314 e. The van der Waals surface area contributed by atoms with Gasteiger partial charge in [-0.15, -0.1) is 0 Å². The molecule has 0 saturated carbocycles. The number of hydrogen-bond donors (Lipinski definition) is 1. The van der Waals surface area contributed by atoms with Gasteiger partial charge in [-0.05, 0) is 38.0 Å². The van der Waals surface area contributed by atoms with E-state index in [4.69, 9.17) is 0 Å². The Balaban J connectivity index is 2.05. The highest BCUT2D eigenvalue weighted by molar-refractivity contribution is 7.89. The molecule has 1 aliphatic heterocycles. The van der Waals surface area contributed by atoms with Gasteiger partial charge in [-0.1, -0.05) is 0 Å². The van der Waals surface area contributed by atoms with Crippen LogP contribution in [-0.4, -0.2) is 48.6 Å². The van der Waals surface area contributed by atoms with Gasteiger partial charge in [0.1, 0.15) is 0 Å². The van der Waals surface area contributed by atoms with E-state index < -0.39 is 10.0 Å². The second-order valence-electron chi connectivity index (χ2n) is 5.11. The lowest BCUT2D eigenvalue weighted by molar-refractivity contribution is 0.220. The Kier molecular flexibility index (Phi) is 4.54. The molecule has 1 aromatic heterocycles. The Bertz CT molecular complexity index is 494. The van der Waals surface area contributed by atoms with Crippen LogP contribution in [0, 0.1) is 0 Å². The van der Waals surface area contributed by atoms with Crippen molar-refractivity contribution in [1.82, 2.24) is 14.6 Å². The maximum Gasteiger partial charge on any atom is 0.215 e. The highest BCUT2D eigenvalue weighted by Gasteiger charge is 2.33. The van der Waals surface area contributed by atoms with E-state index >= 15 is 0 Å². The van der Waals surface area contributed by atoms with Crippen molar-refractivity contribution in [1.29, 1.82) is 0 Å². The molecular weight excluding hydrogens is 262 g/mol. The van der Waals surface area contributed by atoms with Crippen molar-refractivity contribution < 1.29 is 8.42 Å². The highest BCUT2D eigenvalue weighted by Crippen LogP contribution is 2.16. The molecule has 1 aromatic rings. The van der Waals surface area contributed by atoms with E-state index in [0.717, 1.165) is 18.7 Å². The normalized spacial score (nSPS) is 25.4. The van der Waals surface area contributed by atoms with Gasteiger partial charge in [0.25, 0.3) is 0 Å². The van der Waals surface area contributed by atoms with Crippen molar-refractivity contribution in [2.24, 2.45) is 0 Å². The first-order valence-corrected chi connectivity index (χ1v) is 8.22. The Morgan fingerprint density at radius 2 is 1.84 bits per heavy atom. The predicted molar refractivity (Wildman–Crippen MR) is 75.4 cm³/mol. The molecule has 0 amide bonds. The van der Waals surface area contributed by atoms with Gasteiger partial charge in [0.2, 0.25) is 10.0 Å². The summed E-state index contributed by atoms with van der Waals surface area (Å²) in [5.74, 6) is 0.158. The average molecular weight is 283 g/mol. The first-order valence-electron chi connectivity index (χ1n) is 6.61. The molecule has 6 heteroatoms. The van der Waals surface area contributed by atoms with E-state index in [1.54, 1.807) is 16.7 Å². The van der Waals surface area contributed by atoms with E-state index in [1.807, 2.05) is 26.0 Å². The number of aryl methyl sites for hydroxylation is 1. The molecule has 1 N–H and O–H groups in total. The minimum atomic E-state index is -3.21. The number of hydrogen-bond acceptors (Lipinski definition) is 4. The summed E-state index contributed by atoms with van der Waals surface area (Å²) in [5, 5.41) is 3.25. The van der Waals surface area contributed by atoms with E-state index in [2.05, 4.69) is 10.3 Å². The Morgan fingerprint density at radius 1 is 1.26 bits per heavy atom. The van der Waals surface area contributed by atoms with Crippen LogP contribution >= 0.6 is 0 Å². The van der Waals surface area contributed by atoms with Crippen molar-refractivity contribution >= 4 is 10.0 Å². The van der Waals surface area contributed by atoms with Crippen LogP contribution in [0.3, 0.4) is 0 Å². The second kappa shape index (κ2) is 5.98. The van der Waals surface area contributed by atoms with Crippen LogP contribution in [0.15, 0.2) is 24.5 Å². The number of piperazine rings is 1. The maximum atomic E-state index is 12.5.